The molecule has 0 radical (unpaired) electrons. The average Bonchev–Trinajstić information content (AvgIpc) is 2.62. The summed E-state index contributed by atoms with van der Waals surface area (Å²) in [5, 5.41) is 4.45. The molecule has 0 aromatic carbocycles. The molecule has 2 unspecified atom stereocenters. The maximum Gasteiger partial charge on any atom is 0.0628 e. The molecule has 2 atom stereocenters. The molecule has 1 aromatic rings. The fourth-order valence-electron chi connectivity index (χ4n) is 2.83. The molecule has 1 fully saturated rings. The quantitative estimate of drug-likeness (QED) is 0.886. The lowest BCUT2D eigenvalue weighted by atomic mass is 9.90. The zero-order valence-electron chi connectivity index (χ0n) is 11.8. The molecule has 1 aromatic heterocycles. The van der Waals surface area contributed by atoms with Gasteiger partial charge in [0.25, 0.3) is 0 Å². The van der Waals surface area contributed by atoms with Gasteiger partial charge in [-0.25, -0.2) is 0 Å². The van der Waals surface area contributed by atoms with Gasteiger partial charge in [0.2, 0.25) is 0 Å². The van der Waals surface area contributed by atoms with Crippen LogP contribution in [0, 0.1) is 19.8 Å². The Labute approximate surface area is 110 Å². The van der Waals surface area contributed by atoms with Crippen LogP contribution in [-0.2, 0) is 18.2 Å². The second-order valence-electron chi connectivity index (χ2n) is 5.45. The van der Waals surface area contributed by atoms with Gasteiger partial charge in [-0.05, 0) is 51.0 Å². The van der Waals surface area contributed by atoms with E-state index in [4.69, 9.17) is 10.5 Å². The predicted molar refractivity (Wildman–Crippen MR) is 72.5 cm³/mol. The third-order valence-corrected chi connectivity index (χ3v) is 4.19. The first-order valence-electron chi connectivity index (χ1n) is 6.92. The first-order chi connectivity index (χ1) is 8.59. The molecule has 18 heavy (non-hydrogen) atoms. The largest absolute Gasteiger partial charge is 0.381 e. The van der Waals surface area contributed by atoms with Gasteiger partial charge < -0.3 is 10.5 Å². The van der Waals surface area contributed by atoms with E-state index in [1.807, 2.05) is 11.7 Å². The smallest absolute Gasteiger partial charge is 0.0628 e. The zero-order chi connectivity index (χ0) is 13.1. The lowest BCUT2D eigenvalue weighted by Crippen LogP contribution is -2.36. The maximum absolute atomic E-state index is 6.30. The molecule has 0 saturated carbocycles. The van der Waals surface area contributed by atoms with E-state index in [9.17, 15) is 0 Å². The number of nitrogens with zero attached hydrogens (tertiary/aromatic N) is 2. The summed E-state index contributed by atoms with van der Waals surface area (Å²) in [6, 6.07) is 0.254. The molecule has 2 heterocycles. The summed E-state index contributed by atoms with van der Waals surface area (Å²) in [6.07, 6.45) is 4.43. The SMILES string of the molecule is Cc1nn(C)c(C)c1CCC(N)C1CCCOC1. The van der Waals surface area contributed by atoms with Crippen molar-refractivity contribution in [2.24, 2.45) is 18.7 Å². The lowest BCUT2D eigenvalue weighted by Gasteiger charge is -2.27. The highest BCUT2D eigenvalue weighted by atomic mass is 16.5. The molecule has 0 aliphatic carbocycles. The van der Waals surface area contributed by atoms with E-state index in [0.29, 0.717) is 5.92 Å². The number of aryl methyl sites for hydroxylation is 2. The number of rotatable bonds is 4. The topological polar surface area (TPSA) is 53.1 Å². The standard InChI is InChI=1S/C14H25N3O/c1-10-13(11(2)17(3)16-10)6-7-14(15)12-5-4-8-18-9-12/h12,14H,4-9,15H2,1-3H3. The Balaban J connectivity index is 1.90. The van der Waals surface area contributed by atoms with Crippen LogP contribution < -0.4 is 5.73 Å². The van der Waals surface area contributed by atoms with Crippen molar-refractivity contribution in [3.05, 3.63) is 17.0 Å². The summed E-state index contributed by atoms with van der Waals surface area (Å²) in [5.41, 5.74) is 10.1. The molecule has 1 aliphatic rings. The zero-order valence-corrected chi connectivity index (χ0v) is 11.8. The van der Waals surface area contributed by atoms with Crippen molar-refractivity contribution in [3.63, 3.8) is 0 Å². The van der Waals surface area contributed by atoms with Crippen LogP contribution in [0.25, 0.3) is 0 Å². The summed E-state index contributed by atoms with van der Waals surface area (Å²) in [5.74, 6) is 0.538. The third-order valence-electron chi connectivity index (χ3n) is 4.19. The molecule has 0 bridgehead atoms. The monoisotopic (exact) mass is 251 g/mol. The van der Waals surface area contributed by atoms with Gasteiger partial charge in [0.1, 0.15) is 0 Å². The molecule has 4 nitrogen and oxygen atoms in total. The highest BCUT2D eigenvalue weighted by molar-refractivity contribution is 5.24. The predicted octanol–water partition coefficient (Wildman–Crippen LogP) is 1.72. The van der Waals surface area contributed by atoms with Crippen LogP contribution in [0.2, 0.25) is 0 Å². The van der Waals surface area contributed by atoms with Crippen LogP contribution in [0.1, 0.15) is 36.2 Å². The highest BCUT2D eigenvalue weighted by Gasteiger charge is 2.21. The van der Waals surface area contributed by atoms with E-state index in [2.05, 4.69) is 18.9 Å². The Kier molecular flexibility index (Phi) is 4.40. The Hall–Kier alpha value is -0.870. The minimum Gasteiger partial charge on any atom is -0.381 e. The fourth-order valence-corrected chi connectivity index (χ4v) is 2.83. The van der Waals surface area contributed by atoms with Crippen LogP contribution in [0.3, 0.4) is 0 Å². The molecular weight excluding hydrogens is 226 g/mol. The summed E-state index contributed by atoms with van der Waals surface area (Å²) in [6.45, 7) is 5.96. The first kappa shape index (κ1) is 13.6. The van der Waals surface area contributed by atoms with Gasteiger partial charge in [0.15, 0.2) is 0 Å². The van der Waals surface area contributed by atoms with E-state index >= 15 is 0 Å². The van der Waals surface area contributed by atoms with E-state index < -0.39 is 0 Å². The molecule has 2 N–H and O–H groups in total. The first-order valence-corrected chi connectivity index (χ1v) is 6.92. The second kappa shape index (κ2) is 5.85. The van der Waals surface area contributed by atoms with Crippen molar-refractivity contribution >= 4 is 0 Å². The van der Waals surface area contributed by atoms with Crippen molar-refractivity contribution < 1.29 is 4.74 Å². The van der Waals surface area contributed by atoms with Crippen molar-refractivity contribution in [3.8, 4) is 0 Å². The average molecular weight is 251 g/mol. The maximum atomic E-state index is 6.30. The van der Waals surface area contributed by atoms with Crippen molar-refractivity contribution in [1.82, 2.24) is 9.78 Å². The molecule has 2 rings (SSSR count). The minimum atomic E-state index is 0.254. The number of aromatic nitrogens is 2. The van der Waals surface area contributed by atoms with Crippen molar-refractivity contribution in [2.75, 3.05) is 13.2 Å². The molecule has 0 spiro atoms. The van der Waals surface area contributed by atoms with Gasteiger partial charge in [-0.15, -0.1) is 0 Å². The van der Waals surface area contributed by atoms with Crippen LogP contribution in [-0.4, -0.2) is 29.0 Å². The molecule has 0 amide bonds. The Morgan fingerprint density at radius 3 is 2.83 bits per heavy atom. The summed E-state index contributed by atoms with van der Waals surface area (Å²) >= 11 is 0. The van der Waals surface area contributed by atoms with Crippen molar-refractivity contribution in [2.45, 2.75) is 45.6 Å². The minimum absolute atomic E-state index is 0.254. The Bertz CT molecular complexity index is 394. The van der Waals surface area contributed by atoms with Crippen LogP contribution in [0.15, 0.2) is 0 Å². The summed E-state index contributed by atoms with van der Waals surface area (Å²) in [4.78, 5) is 0. The van der Waals surface area contributed by atoms with Gasteiger partial charge in [-0.3, -0.25) is 4.68 Å². The normalized spacial score (nSPS) is 22.1. The lowest BCUT2D eigenvalue weighted by molar-refractivity contribution is 0.0439. The number of hydrogen-bond donors (Lipinski definition) is 1. The van der Waals surface area contributed by atoms with Crippen LogP contribution in [0.5, 0.6) is 0 Å². The summed E-state index contributed by atoms with van der Waals surface area (Å²) < 4.78 is 7.47. The number of nitrogens with two attached hydrogens (primary N) is 1. The van der Waals surface area contributed by atoms with Crippen molar-refractivity contribution in [1.29, 1.82) is 0 Å². The Morgan fingerprint density at radius 2 is 2.28 bits per heavy atom. The van der Waals surface area contributed by atoms with Gasteiger partial charge in [0.05, 0.1) is 12.3 Å². The molecule has 1 aliphatic heterocycles. The van der Waals surface area contributed by atoms with Gasteiger partial charge >= 0.3 is 0 Å². The van der Waals surface area contributed by atoms with Crippen LogP contribution in [0.4, 0.5) is 0 Å². The Morgan fingerprint density at radius 1 is 1.50 bits per heavy atom. The van der Waals surface area contributed by atoms with Crippen LogP contribution >= 0.6 is 0 Å². The van der Waals surface area contributed by atoms with E-state index in [-0.39, 0.29) is 6.04 Å². The van der Waals surface area contributed by atoms with Gasteiger partial charge in [-0.2, -0.15) is 5.10 Å². The highest BCUT2D eigenvalue weighted by Crippen LogP contribution is 2.21. The number of hydrogen-bond acceptors (Lipinski definition) is 3. The van der Waals surface area contributed by atoms with E-state index in [0.717, 1.165) is 38.2 Å². The molecule has 4 heteroatoms. The third kappa shape index (κ3) is 2.93. The molecule has 1 saturated heterocycles. The van der Waals surface area contributed by atoms with Gasteiger partial charge in [0, 0.05) is 25.4 Å². The van der Waals surface area contributed by atoms with E-state index in [1.165, 1.54) is 17.7 Å². The molecule has 102 valence electrons. The number of ether oxygens (including phenoxy) is 1. The van der Waals surface area contributed by atoms with E-state index in [1.54, 1.807) is 0 Å². The van der Waals surface area contributed by atoms with Gasteiger partial charge in [-0.1, -0.05) is 0 Å². The molecular formula is C14H25N3O. The fraction of sp³-hybridized carbons (Fsp3) is 0.786. The summed E-state index contributed by atoms with van der Waals surface area (Å²) in [7, 11) is 2.00. The second-order valence-corrected chi connectivity index (χ2v) is 5.45.